The maximum absolute atomic E-state index is 13.0. The number of nitrogens with two attached hydrogens (primary N) is 1. The van der Waals surface area contributed by atoms with E-state index in [-0.39, 0.29) is 12.2 Å². The van der Waals surface area contributed by atoms with Crippen molar-refractivity contribution in [2.45, 2.75) is 0 Å². The number of methoxy groups -OCH3 is 1. The van der Waals surface area contributed by atoms with Crippen molar-refractivity contribution < 1.29 is 23.0 Å². The minimum atomic E-state index is -0.789. The van der Waals surface area contributed by atoms with Crippen LogP contribution in [0.1, 0.15) is 0 Å². The number of esters is 1. The lowest BCUT2D eigenvalue weighted by atomic mass is 10.2. The van der Waals surface area contributed by atoms with Gasteiger partial charge in [-0.2, -0.15) is 0 Å². The van der Waals surface area contributed by atoms with Gasteiger partial charge in [-0.1, -0.05) is 0 Å². The summed E-state index contributed by atoms with van der Waals surface area (Å²) in [5, 5.41) is 0. The number of ether oxygens (including phenoxy) is 2. The molecular weight excluding hydrogens is 256 g/mol. The van der Waals surface area contributed by atoms with Gasteiger partial charge in [-0.25, -0.2) is 13.6 Å². The predicted molar refractivity (Wildman–Crippen MR) is 65.4 cm³/mol. The van der Waals surface area contributed by atoms with Crippen LogP contribution < -0.4 is 10.5 Å². The van der Waals surface area contributed by atoms with Crippen LogP contribution >= 0.6 is 0 Å². The number of hydrogen-bond donors (Lipinski definition) is 1. The summed E-state index contributed by atoms with van der Waals surface area (Å²) in [6.45, 7) is -0.223. The van der Waals surface area contributed by atoms with Crippen LogP contribution in [0.25, 0.3) is 0 Å². The monoisotopic (exact) mass is 269 g/mol. The molecule has 0 fully saturated rings. The number of hydrogen-bond acceptors (Lipinski definition) is 4. The van der Waals surface area contributed by atoms with Crippen LogP contribution in [-0.4, -0.2) is 19.7 Å². The molecule has 6 heteroatoms. The Morgan fingerprint density at radius 3 is 2.53 bits per heavy atom. The predicted octanol–water partition coefficient (Wildman–Crippen LogP) is 2.07. The molecule has 0 radical (unpaired) electrons. The SMILES string of the molecule is COC(=O)/C(=C/C(F)=C\N)COc1ccc(F)cc1. The van der Waals surface area contributed by atoms with Gasteiger partial charge in [0.25, 0.3) is 0 Å². The molecule has 19 heavy (non-hydrogen) atoms. The number of carbonyl (C=O) groups is 1. The van der Waals surface area contributed by atoms with Crippen molar-refractivity contribution in [3.63, 3.8) is 0 Å². The normalized spacial score (nSPS) is 12.2. The first kappa shape index (κ1) is 14.7. The van der Waals surface area contributed by atoms with Crippen LogP contribution in [0.2, 0.25) is 0 Å². The van der Waals surface area contributed by atoms with Crippen molar-refractivity contribution in [1.29, 1.82) is 0 Å². The summed E-state index contributed by atoms with van der Waals surface area (Å²) < 4.78 is 35.4. The zero-order valence-corrected chi connectivity index (χ0v) is 10.2. The molecule has 102 valence electrons. The summed E-state index contributed by atoms with van der Waals surface area (Å²) in [4.78, 5) is 11.4. The molecule has 1 aromatic rings. The molecule has 0 atom stereocenters. The highest BCUT2D eigenvalue weighted by molar-refractivity contribution is 5.89. The van der Waals surface area contributed by atoms with E-state index in [1.807, 2.05) is 0 Å². The molecule has 0 unspecified atom stereocenters. The second kappa shape index (κ2) is 7.15. The van der Waals surface area contributed by atoms with Gasteiger partial charge in [0.15, 0.2) is 0 Å². The number of rotatable bonds is 5. The summed E-state index contributed by atoms with van der Waals surface area (Å²) >= 11 is 0. The Balaban J connectivity index is 2.76. The quantitative estimate of drug-likeness (QED) is 0.505. The topological polar surface area (TPSA) is 61.5 Å². The van der Waals surface area contributed by atoms with Crippen LogP contribution in [0.3, 0.4) is 0 Å². The zero-order valence-electron chi connectivity index (χ0n) is 10.2. The highest BCUT2D eigenvalue weighted by atomic mass is 19.1. The van der Waals surface area contributed by atoms with Crippen LogP contribution in [0.15, 0.2) is 47.9 Å². The Bertz CT molecular complexity index is 495. The maximum Gasteiger partial charge on any atom is 0.337 e. The van der Waals surface area contributed by atoms with Gasteiger partial charge in [0.2, 0.25) is 0 Å². The van der Waals surface area contributed by atoms with Crippen molar-refractivity contribution in [3.8, 4) is 5.75 Å². The van der Waals surface area contributed by atoms with Crippen molar-refractivity contribution in [2.75, 3.05) is 13.7 Å². The smallest absolute Gasteiger partial charge is 0.337 e. The summed E-state index contributed by atoms with van der Waals surface area (Å²) in [5.41, 5.74) is 4.92. The molecule has 2 N–H and O–H groups in total. The minimum Gasteiger partial charge on any atom is -0.489 e. The lowest BCUT2D eigenvalue weighted by Gasteiger charge is -2.08. The van der Waals surface area contributed by atoms with E-state index in [1.165, 1.54) is 24.3 Å². The highest BCUT2D eigenvalue weighted by Crippen LogP contribution is 2.13. The van der Waals surface area contributed by atoms with Crippen molar-refractivity contribution in [3.05, 3.63) is 53.8 Å². The van der Waals surface area contributed by atoms with E-state index in [1.54, 1.807) is 0 Å². The number of halogens is 2. The largest absolute Gasteiger partial charge is 0.489 e. The molecule has 4 nitrogen and oxygen atoms in total. The molecule has 1 rings (SSSR count). The summed E-state index contributed by atoms with van der Waals surface area (Å²) in [6, 6.07) is 5.19. The molecule has 0 spiro atoms. The average Bonchev–Trinajstić information content (AvgIpc) is 2.43. The van der Waals surface area contributed by atoms with Gasteiger partial charge in [-0.05, 0) is 30.3 Å². The Kier molecular flexibility index (Phi) is 5.53. The lowest BCUT2D eigenvalue weighted by molar-refractivity contribution is -0.136. The molecule has 0 bridgehead atoms. The first-order valence-corrected chi connectivity index (χ1v) is 5.31. The van der Waals surface area contributed by atoms with E-state index in [0.29, 0.717) is 11.9 Å². The zero-order chi connectivity index (χ0) is 14.3. The van der Waals surface area contributed by atoms with E-state index < -0.39 is 17.6 Å². The fourth-order valence-electron chi connectivity index (χ4n) is 1.20. The fourth-order valence-corrected chi connectivity index (χ4v) is 1.20. The lowest BCUT2D eigenvalue weighted by Crippen LogP contribution is -2.13. The minimum absolute atomic E-state index is 0.0500. The number of benzene rings is 1. The summed E-state index contributed by atoms with van der Waals surface area (Å²) in [5.74, 6) is -1.59. The van der Waals surface area contributed by atoms with Crippen LogP contribution in [0.5, 0.6) is 5.75 Å². The van der Waals surface area contributed by atoms with Crippen molar-refractivity contribution in [1.82, 2.24) is 0 Å². The van der Waals surface area contributed by atoms with Crippen molar-refractivity contribution in [2.24, 2.45) is 5.73 Å². The third kappa shape index (κ3) is 4.79. The van der Waals surface area contributed by atoms with E-state index in [9.17, 15) is 13.6 Å². The van der Waals surface area contributed by atoms with Gasteiger partial charge >= 0.3 is 5.97 Å². The number of allylic oxidation sites excluding steroid dienone is 2. The van der Waals surface area contributed by atoms with E-state index in [4.69, 9.17) is 10.5 Å². The molecule has 0 saturated heterocycles. The average molecular weight is 269 g/mol. The summed E-state index contributed by atoms with van der Waals surface area (Å²) in [6.07, 6.45) is 1.62. The van der Waals surface area contributed by atoms with E-state index in [0.717, 1.165) is 13.2 Å². The number of carbonyl (C=O) groups excluding carboxylic acids is 1. The Morgan fingerprint density at radius 1 is 1.37 bits per heavy atom. The Morgan fingerprint density at radius 2 is 2.00 bits per heavy atom. The fraction of sp³-hybridized carbons (Fsp3) is 0.154. The van der Waals surface area contributed by atoms with Gasteiger partial charge in [-0.3, -0.25) is 0 Å². The van der Waals surface area contributed by atoms with E-state index in [2.05, 4.69) is 4.74 Å². The van der Waals surface area contributed by atoms with Gasteiger partial charge in [-0.15, -0.1) is 0 Å². The van der Waals surface area contributed by atoms with Gasteiger partial charge in [0.1, 0.15) is 24.0 Å². The van der Waals surface area contributed by atoms with Gasteiger partial charge < -0.3 is 15.2 Å². The van der Waals surface area contributed by atoms with Gasteiger partial charge in [0.05, 0.1) is 12.7 Å². The van der Waals surface area contributed by atoms with Crippen molar-refractivity contribution >= 4 is 5.97 Å². The maximum atomic E-state index is 13.0. The van der Waals surface area contributed by atoms with Crippen LogP contribution in [-0.2, 0) is 9.53 Å². The standard InChI is InChI=1S/C13H13F2NO3/c1-18-13(17)9(6-11(15)7-16)8-19-12-4-2-10(14)3-5-12/h2-7H,8,16H2,1H3/b9-6+,11-7+. The van der Waals surface area contributed by atoms with Gasteiger partial charge in [0, 0.05) is 6.20 Å². The molecule has 0 aliphatic heterocycles. The molecule has 0 aromatic heterocycles. The Hall–Kier alpha value is -2.37. The Labute approximate surface area is 109 Å². The third-order valence-electron chi connectivity index (χ3n) is 2.13. The first-order valence-electron chi connectivity index (χ1n) is 5.31. The molecule has 0 heterocycles. The van der Waals surface area contributed by atoms with Crippen LogP contribution in [0.4, 0.5) is 8.78 Å². The molecular formula is C13H13F2NO3. The van der Waals surface area contributed by atoms with Crippen LogP contribution in [0, 0.1) is 5.82 Å². The second-order valence-corrected chi connectivity index (χ2v) is 3.46. The molecule has 0 aliphatic rings. The third-order valence-corrected chi connectivity index (χ3v) is 2.13. The summed E-state index contributed by atoms with van der Waals surface area (Å²) in [7, 11) is 1.16. The highest BCUT2D eigenvalue weighted by Gasteiger charge is 2.11. The molecule has 0 saturated carbocycles. The second-order valence-electron chi connectivity index (χ2n) is 3.46. The molecule has 1 aromatic carbocycles. The van der Waals surface area contributed by atoms with E-state index >= 15 is 0 Å². The molecule has 0 aliphatic carbocycles. The first-order chi connectivity index (χ1) is 9.06. The molecule has 0 amide bonds.